The van der Waals surface area contributed by atoms with Gasteiger partial charge < -0.3 is 5.11 Å². The van der Waals surface area contributed by atoms with Gasteiger partial charge in [0.2, 0.25) is 0 Å². The highest BCUT2D eigenvalue weighted by atomic mass is 32.2. The van der Waals surface area contributed by atoms with Crippen molar-refractivity contribution in [2.24, 2.45) is 0 Å². The molecule has 0 saturated carbocycles. The van der Waals surface area contributed by atoms with E-state index < -0.39 is 5.97 Å². The maximum atomic E-state index is 10.6. The second-order valence-electron chi connectivity index (χ2n) is 4.41. The van der Waals surface area contributed by atoms with Gasteiger partial charge in [0.05, 0.1) is 6.42 Å². The Bertz CT molecular complexity index is 612. The lowest BCUT2D eigenvalue weighted by Gasteiger charge is -2.05. The summed E-state index contributed by atoms with van der Waals surface area (Å²) in [6, 6.07) is 9.51. The molecule has 5 heteroatoms. The van der Waals surface area contributed by atoms with E-state index in [2.05, 4.69) is 16.9 Å². The zero-order valence-corrected chi connectivity index (χ0v) is 12.3. The zero-order valence-electron chi connectivity index (χ0n) is 11.5. The summed E-state index contributed by atoms with van der Waals surface area (Å²) in [4.78, 5) is 20.4. The van der Waals surface area contributed by atoms with Crippen LogP contribution in [0.25, 0.3) is 0 Å². The van der Waals surface area contributed by atoms with Gasteiger partial charge >= 0.3 is 5.97 Å². The third-order valence-electron chi connectivity index (χ3n) is 2.73. The van der Waals surface area contributed by atoms with E-state index in [0.717, 1.165) is 33.4 Å². The number of carboxylic acids is 1. The van der Waals surface area contributed by atoms with Crippen molar-refractivity contribution < 1.29 is 9.90 Å². The van der Waals surface area contributed by atoms with Gasteiger partial charge in [-0.1, -0.05) is 30.8 Å². The zero-order chi connectivity index (χ0) is 14.5. The van der Waals surface area contributed by atoms with Crippen LogP contribution < -0.4 is 0 Å². The molecule has 0 aliphatic heterocycles. The van der Waals surface area contributed by atoms with Gasteiger partial charge in [-0.05, 0) is 37.1 Å². The first-order valence-corrected chi connectivity index (χ1v) is 7.21. The SMILES string of the molecule is CCc1cc(Sc2ccc(CC(=O)O)cc2)nc(C)n1. The summed E-state index contributed by atoms with van der Waals surface area (Å²) in [5.41, 5.74) is 1.83. The van der Waals surface area contributed by atoms with Crippen LogP contribution in [0.15, 0.2) is 40.3 Å². The van der Waals surface area contributed by atoms with Crippen LogP contribution in [0.4, 0.5) is 0 Å². The van der Waals surface area contributed by atoms with Gasteiger partial charge in [0.1, 0.15) is 10.9 Å². The highest BCUT2D eigenvalue weighted by Gasteiger charge is 2.04. The van der Waals surface area contributed by atoms with E-state index in [0.29, 0.717) is 0 Å². The summed E-state index contributed by atoms with van der Waals surface area (Å²) in [6.07, 6.45) is 0.937. The molecule has 104 valence electrons. The number of nitrogens with zero attached hydrogens (tertiary/aromatic N) is 2. The fraction of sp³-hybridized carbons (Fsp3) is 0.267. The highest BCUT2D eigenvalue weighted by Crippen LogP contribution is 2.26. The van der Waals surface area contributed by atoms with E-state index in [4.69, 9.17) is 5.11 Å². The van der Waals surface area contributed by atoms with E-state index >= 15 is 0 Å². The molecule has 0 fully saturated rings. The molecule has 0 radical (unpaired) electrons. The Morgan fingerprint density at radius 3 is 2.55 bits per heavy atom. The standard InChI is InChI=1S/C15H16N2O2S/c1-3-12-9-14(17-10(2)16-12)20-13-6-4-11(5-7-13)8-15(18)19/h4-7,9H,3,8H2,1-2H3,(H,18,19). The quantitative estimate of drug-likeness (QED) is 0.856. The summed E-state index contributed by atoms with van der Waals surface area (Å²) in [5, 5.41) is 9.65. The molecule has 1 aromatic carbocycles. The van der Waals surface area contributed by atoms with Crippen LogP contribution >= 0.6 is 11.8 Å². The van der Waals surface area contributed by atoms with Crippen molar-refractivity contribution in [2.45, 2.75) is 36.6 Å². The van der Waals surface area contributed by atoms with Crippen molar-refractivity contribution in [1.29, 1.82) is 0 Å². The highest BCUT2D eigenvalue weighted by molar-refractivity contribution is 7.99. The first-order chi connectivity index (χ1) is 9.56. The normalized spacial score (nSPS) is 10.5. The Morgan fingerprint density at radius 1 is 1.25 bits per heavy atom. The summed E-state index contributed by atoms with van der Waals surface area (Å²) in [7, 11) is 0. The molecule has 2 aromatic rings. The van der Waals surface area contributed by atoms with Crippen molar-refractivity contribution in [3.8, 4) is 0 Å². The first-order valence-electron chi connectivity index (χ1n) is 6.40. The average Bonchev–Trinajstić information content (AvgIpc) is 2.39. The molecule has 20 heavy (non-hydrogen) atoms. The lowest BCUT2D eigenvalue weighted by atomic mass is 10.2. The lowest BCUT2D eigenvalue weighted by molar-refractivity contribution is -0.136. The molecule has 0 bridgehead atoms. The monoisotopic (exact) mass is 288 g/mol. The van der Waals surface area contributed by atoms with Gasteiger partial charge in [0.25, 0.3) is 0 Å². The largest absolute Gasteiger partial charge is 0.481 e. The molecule has 1 N–H and O–H groups in total. The lowest BCUT2D eigenvalue weighted by Crippen LogP contribution is -1.99. The second-order valence-corrected chi connectivity index (χ2v) is 5.51. The Hall–Kier alpha value is -1.88. The minimum atomic E-state index is -0.815. The second kappa shape index (κ2) is 6.52. The number of hydrogen-bond donors (Lipinski definition) is 1. The third kappa shape index (κ3) is 4.06. The van der Waals surface area contributed by atoms with E-state index in [1.807, 2.05) is 37.3 Å². The van der Waals surface area contributed by atoms with Gasteiger partial charge in [0.15, 0.2) is 0 Å². The van der Waals surface area contributed by atoms with Gasteiger partial charge in [-0.2, -0.15) is 0 Å². The third-order valence-corrected chi connectivity index (χ3v) is 3.66. The van der Waals surface area contributed by atoms with Crippen LogP contribution in [0.3, 0.4) is 0 Å². The molecule has 1 aromatic heterocycles. The summed E-state index contributed by atoms with van der Waals surface area (Å²) in [6.45, 7) is 3.95. The topological polar surface area (TPSA) is 63.1 Å². The van der Waals surface area contributed by atoms with Crippen molar-refractivity contribution >= 4 is 17.7 Å². The van der Waals surface area contributed by atoms with Crippen molar-refractivity contribution in [2.75, 3.05) is 0 Å². The van der Waals surface area contributed by atoms with Crippen molar-refractivity contribution in [3.63, 3.8) is 0 Å². The van der Waals surface area contributed by atoms with Crippen LogP contribution in [-0.2, 0) is 17.6 Å². The molecule has 0 amide bonds. The van der Waals surface area contributed by atoms with Crippen LogP contribution in [0.2, 0.25) is 0 Å². The number of benzene rings is 1. The minimum absolute atomic E-state index is 0.0531. The molecule has 1 heterocycles. The molecule has 0 aliphatic carbocycles. The Labute approximate surface area is 122 Å². The van der Waals surface area contributed by atoms with E-state index in [-0.39, 0.29) is 6.42 Å². The number of aryl methyl sites for hydroxylation is 2. The van der Waals surface area contributed by atoms with E-state index in [1.165, 1.54) is 0 Å². The Kier molecular flexibility index (Phi) is 4.74. The van der Waals surface area contributed by atoms with Gasteiger partial charge in [-0.15, -0.1) is 0 Å². The molecule has 0 aliphatic rings. The number of carboxylic acid groups (broad SMARTS) is 1. The van der Waals surface area contributed by atoms with Crippen LogP contribution in [0.5, 0.6) is 0 Å². The molecular weight excluding hydrogens is 272 g/mol. The van der Waals surface area contributed by atoms with Gasteiger partial charge in [-0.25, -0.2) is 9.97 Å². The van der Waals surface area contributed by atoms with Crippen LogP contribution in [0.1, 0.15) is 24.0 Å². The molecular formula is C15H16N2O2S. The molecule has 0 unspecified atom stereocenters. The first kappa shape index (κ1) is 14.5. The molecule has 2 rings (SSSR count). The average molecular weight is 288 g/mol. The summed E-state index contributed by atoms with van der Waals surface area (Å²) < 4.78 is 0. The van der Waals surface area contributed by atoms with E-state index in [9.17, 15) is 4.79 Å². The number of aliphatic carboxylic acids is 1. The molecule has 0 atom stereocenters. The molecule has 0 spiro atoms. The van der Waals surface area contributed by atoms with Crippen molar-refractivity contribution in [3.05, 3.63) is 47.4 Å². The van der Waals surface area contributed by atoms with Gasteiger partial charge in [-0.3, -0.25) is 4.79 Å². The smallest absolute Gasteiger partial charge is 0.307 e. The number of aromatic nitrogens is 2. The maximum absolute atomic E-state index is 10.6. The number of hydrogen-bond acceptors (Lipinski definition) is 4. The van der Waals surface area contributed by atoms with Crippen LogP contribution in [0, 0.1) is 6.92 Å². The maximum Gasteiger partial charge on any atom is 0.307 e. The minimum Gasteiger partial charge on any atom is -0.481 e. The number of carbonyl (C=O) groups is 1. The van der Waals surface area contributed by atoms with E-state index in [1.54, 1.807) is 11.8 Å². The summed E-state index contributed by atoms with van der Waals surface area (Å²) >= 11 is 1.56. The predicted octanol–water partition coefficient (Wildman–Crippen LogP) is 3.13. The molecule has 0 saturated heterocycles. The Balaban J connectivity index is 2.13. The summed E-state index contributed by atoms with van der Waals surface area (Å²) in [5.74, 6) is -0.0428. The number of rotatable bonds is 5. The predicted molar refractivity (Wildman–Crippen MR) is 78.1 cm³/mol. The fourth-order valence-electron chi connectivity index (χ4n) is 1.80. The van der Waals surface area contributed by atoms with Crippen LogP contribution in [-0.4, -0.2) is 21.0 Å². The Morgan fingerprint density at radius 2 is 1.95 bits per heavy atom. The van der Waals surface area contributed by atoms with Gasteiger partial charge in [0, 0.05) is 10.6 Å². The van der Waals surface area contributed by atoms with Crippen molar-refractivity contribution in [1.82, 2.24) is 9.97 Å². The molecule has 4 nitrogen and oxygen atoms in total. The fourth-order valence-corrected chi connectivity index (χ4v) is 2.69.